The van der Waals surface area contributed by atoms with Crippen LogP contribution in [0.25, 0.3) is 0 Å². The van der Waals surface area contributed by atoms with E-state index in [2.05, 4.69) is 22.0 Å². The van der Waals surface area contributed by atoms with E-state index in [-0.39, 0.29) is 11.9 Å². The lowest BCUT2D eigenvalue weighted by Gasteiger charge is -2.15. The Kier molecular flexibility index (Phi) is 5.87. The van der Waals surface area contributed by atoms with Gasteiger partial charge in [0.05, 0.1) is 28.6 Å². The molecule has 0 N–H and O–H groups in total. The number of rotatable bonds is 4. The van der Waals surface area contributed by atoms with Crippen molar-refractivity contribution >= 4 is 51.9 Å². The van der Waals surface area contributed by atoms with Crippen LogP contribution in [0.1, 0.15) is 24.2 Å². The molecule has 0 aliphatic carbocycles. The molecule has 6 nitrogen and oxygen atoms in total. The predicted molar refractivity (Wildman–Crippen MR) is 122 cm³/mol. The molecule has 0 aromatic heterocycles. The summed E-state index contributed by atoms with van der Waals surface area (Å²) < 4.78 is 5.01. The highest BCUT2D eigenvalue weighted by Crippen LogP contribution is 2.49. The average Bonchev–Trinajstić information content (AvgIpc) is 3.25. The Hall–Kier alpha value is -2.71. The molecule has 0 saturated carbocycles. The fourth-order valence-corrected chi connectivity index (χ4v) is 5.60. The van der Waals surface area contributed by atoms with E-state index in [1.165, 1.54) is 11.8 Å². The van der Waals surface area contributed by atoms with E-state index in [0.29, 0.717) is 34.5 Å². The van der Waals surface area contributed by atoms with E-state index >= 15 is 0 Å². The molecule has 0 spiro atoms. The van der Waals surface area contributed by atoms with Crippen LogP contribution >= 0.6 is 23.5 Å². The first-order chi connectivity index (χ1) is 14.5. The number of likely N-dealkylation sites (N-methyl/N-ethyl adjacent to an activating group) is 1. The largest absolute Gasteiger partial charge is 0.462 e. The second-order valence-electron chi connectivity index (χ2n) is 6.58. The number of fused-ring (bicyclic) bond motifs is 1. The monoisotopic (exact) mass is 439 g/mol. The van der Waals surface area contributed by atoms with Gasteiger partial charge >= 0.3 is 5.97 Å². The maximum Gasteiger partial charge on any atom is 0.338 e. The Labute approximate surface area is 184 Å². The third-order valence-corrected chi connectivity index (χ3v) is 7.15. The van der Waals surface area contributed by atoms with Gasteiger partial charge in [0.25, 0.3) is 5.91 Å². The second-order valence-corrected chi connectivity index (χ2v) is 8.58. The number of carbonyl (C=O) groups is 2. The highest BCUT2D eigenvalue weighted by Gasteiger charge is 2.38. The Morgan fingerprint density at radius 1 is 1.07 bits per heavy atom. The summed E-state index contributed by atoms with van der Waals surface area (Å²) in [4.78, 5) is 35.2. The summed E-state index contributed by atoms with van der Waals surface area (Å²) in [7, 11) is 1.98. The van der Waals surface area contributed by atoms with E-state index in [0.717, 1.165) is 15.6 Å². The lowest BCUT2D eigenvalue weighted by molar-refractivity contribution is -0.122. The summed E-state index contributed by atoms with van der Waals surface area (Å²) in [5, 5.41) is 1.56. The fraction of sp³-hybridized carbons (Fsp3) is 0.227. The number of aliphatic imine (C=N–C) groups is 1. The van der Waals surface area contributed by atoms with E-state index in [1.54, 1.807) is 47.9 Å². The van der Waals surface area contributed by atoms with Gasteiger partial charge in [-0.1, -0.05) is 23.9 Å². The fourth-order valence-electron chi connectivity index (χ4n) is 3.19. The Bertz CT molecular complexity index is 1060. The van der Waals surface area contributed by atoms with Gasteiger partial charge in [-0.25, -0.2) is 9.79 Å². The van der Waals surface area contributed by atoms with Crippen LogP contribution in [0.2, 0.25) is 0 Å². The minimum atomic E-state index is -0.356. The van der Waals surface area contributed by atoms with Gasteiger partial charge in [0.15, 0.2) is 5.17 Å². The molecule has 2 aliphatic rings. The number of carbonyl (C=O) groups excluding carboxylic acids is 2. The third kappa shape index (κ3) is 3.73. The number of hydrogen-bond donors (Lipinski definition) is 0. The van der Waals surface area contributed by atoms with Gasteiger partial charge in [0.1, 0.15) is 4.91 Å². The van der Waals surface area contributed by atoms with Crippen LogP contribution in [0.5, 0.6) is 0 Å². The quantitative estimate of drug-likeness (QED) is 0.501. The van der Waals surface area contributed by atoms with Crippen molar-refractivity contribution in [1.82, 2.24) is 4.90 Å². The van der Waals surface area contributed by atoms with Crippen molar-refractivity contribution in [3.63, 3.8) is 0 Å². The molecule has 30 heavy (non-hydrogen) atoms. The zero-order valence-corrected chi connectivity index (χ0v) is 18.5. The first-order valence-electron chi connectivity index (χ1n) is 9.64. The standard InChI is InChI=1S/C22H21N3O3S2/c1-4-25-19(26)18(20-24(3)16-8-6-7-9-17(16)29-20)30-22(25)23-15-12-10-14(11-13-15)21(27)28-5-2/h6-13H,4-5H2,1-3H3. The molecule has 2 heterocycles. The molecule has 8 heteroatoms. The summed E-state index contributed by atoms with van der Waals surface area (Å²) in [5.74, 6) is -0.392. The van der Waals surface area contributed by atoms with Crippen LogP contribution in [0, 0.1) is 0 Å². The summed E-state index contributed by atoms with van der Waals surface area (Å²) >= 11 is 3.00. The molecule has 2 aliphatic heterocycles. The van der Waals surface area contributed by atoms with Crippen molar-refractivity contribution in [1.29, 1.82) is 0 Å². The smallest absolute Gasteiger partial charge is 0.338 e. The summed E-state index contributed by atoms with van der Waals surface area (Å²) in [6.45, 7) is 4.58. The highest BCUT2D eigenvalue weighted by molar-refractivity contribution is 8.19. The number of nitrogens with zero attached hydrogens (tertiary/aromatic N) is 3. The van der Waals surface area contributed by atoms with Crippen LogP contribution in [0.3, 0.4) is 0 Å². The molecular weight excluding hydrogens is 418 g/mol. The summed E-state index contributed by atoms with van der Waals surface area (Å²) in [6, 6.07) is 15.0. The number of para-hydroxylation sites is 1. The van der Waals surface area contributed by atoms with Gasteiger partial charge in [0, 0.05) is 18.5 Å². The molecule has 1 fully saturated rings. The van der Waals surface area contributed by atoms with Crippen LogP contribution in [0.15, 0.2) is 68.4 Å². The summed E-state index contributed by atoms with van der Waals surface area (Å²) in [5.41, 5.74) is 2.26. The number of amides is 1. The van der Waals surface area contributed by atoms with Crippen molar-refractivity contribution in [3.8, 4) is 0 Å². The Morgan fingerprint density at radius 2 is 1.80 bits per heavy atom. The molecule has 1 amide bonds. The first kappa shape index (κ1) is 20.6. The minimum Gasteiger partial charge on any atom is -0.462 e. The molecular formula is C22H21N3O3S2. The van der Waals surface area contributed by atoms with Crippen molar-refractivity contribution in [3.05, 3.63) is 64.0 Å². The number of ether oxygens (including phenoxy) is 1. The number of hydrogen-bond acceptors (Lipinski definition) is 7. The second kappa shape index (κ2) is 8.57. The van der Waals surface area contributed by atoms with Gasteiger partial charge in [-0.3, -0.25) is 9.69 Å². The summed E-state index contributed by atoms with van der Waals surface area (Å²) in [6.07, 6.45) is 0. The molecule has 1 saturated heterocycles. The van der Waals surface area contributed by atoms with E-state index in [1.807, 2.05) is 26.1 Å². The lowest BCUT2D eigenvalue weighted by Crippen LogP contribution is -2.29. The van der Waals surface area contributed by atoms with E-state index < -0.39 is 0 Å². The number of anilines is 1. The Morgan fingerprint density at radius 3 is 2.47 bits per heavy atom. The van der Waals surface area contributed by atoms with Gasteiger partial charge in [0.2, 0.25) is 0 Å². The van der Waals surface area contributed by atoms with Gasteiger partial charge < -0.3 is 9.64 Å². The van der Waals surface area contributed by atoms with Gasteiger partial charge in [-0.15, -0.1) is 0 Å². The number of thioether (sulfide) groups is 2. The molecule has 0 atom stereocenters. The van der Waals surface area contributed by atoms with Gasteiger partial charge in [-0.05, 0) is 62.0 Å². The molecule has 0 bridgehead atoms. The van der Waals surface area contributed by atoms with E-state index in [9.17, 15) is 9.59 Å². The number of benzene rings is 2. The van der Waals surface area contributed by atoms with Crippen LogP contribution in [-0.4, -0.2) is 42.1 Å². The number of amidine groups is 1. The van der Waals surface area contributed by atoms with Crippen molar-refractivity contribution in [2.24, 2.45) is 4.99 Å². The molecule has 2 aromatic rings. The van der Waals surface area contributed by atoms with Crippen LogP contribution in [0.4, 0.5) is 11.4 Å². The SMILES string of the molecule is CCOC(=O)c1ccc(N=C2SC(=C3Sc4ccccc4N3C)C(=O)N2CC)cc1. The van der Waals surface area contributed by atoms with Crippen LogP contribution in [-0.2, 0) is 9.53 Å². The minimum absolute atomic E-state index is 0.0356. The molecule has 4 rings (SSSR count). The van der Waals surface area contributed by atoms with Crippen molar-refractivity contribution < 1.29 is 14.3 Å². The highest BCUT2D eigenvalue weighted by atomic mass is 32.2. The zero-order valence-electron chi connectivity index (χ0n) is 16.9. The molecule has 0 unspecified atom stereocenters. The first-order valence-corrected chi connectivity index (χ1v) is 11.3. The molecule has 154 valence electrons. The average molecular weight is 440 g/mol. The topological polar surface area (TPSA) is 62.2 Å². The number of esters is 1. The Balaban J connectivity index is 1.63. The maximum absolute atomic E-state index is 13.1. The van der Waals surface area contributed by atoms with Crippen molar-refractivity contribution in [2.45, 2.75) is 18.7 Å². The van der Waals surface area contributed by atoms with E-state index in [4.69, 9.17) is 4.74 Å². The normalized spacial score (nSPS) is 19.6. The van der Waals surface area contributed by atoms with Crippen LogP contribution < -0.4 is 4.90 Å². The zero-order chi connectivity index (χ0) is 21.3. The maximum atomic E-state index is 13.1. The molecule has 2 aromatic carbocycles. The predicted octanol–water partition coefficient (Wildman–Crippen LogP) is 4.86. The molecule has 0 radical (unpaired) electrons. The lowest BCUT2D eigenvalue weighted by atomic mass is 10.2. The van der Waals surface area contributed by atoms with Crippen molar-refractivity contribution in [2.75, 3.05) is 25.1 Å². The van der Waals surface area contributed by atoms with Gasteiger partial charge in [-0.2, -0.15) is 0 Å². The third-order valence-electron chi connectivity index (χ3n) is 4.72.